The Morgan fingerprint density at radius 1 is 1.36 bits per heavy atom. The van der Waals surface area contributed by atoms with E-state index in [0.29, 0.717) is 6.54 Å². The number of aliphatic carboxylic acids is 1. The number of rotatable bonds is 3. The first-order chi connectivity index (χ1) is 10.3. The summed E-state index contributed by atoms with van der Waals surface area (Å²) in [6.45, 7) is 0.449. The first-order valence-electron chi connectivity index (χ1n) is 7.11. The normalized spacial score (nSPS) is 27.9. The van der Waals surface area contributed by atoms with Gasteiger partial charge in [-0.15, -0.1) is 11.3 Å². The molecule has 8 heteroatoms. The van der Waals surface area contributed by atoms with E-state index in [2.05, 4.69) is 0 Å². The molecule has 3 rings (SSSR count). The summed E-state index contributed by atoms with van der Waals surface area (Å²) in [5.74, 6) is -1.08. The van der Waals surface area contributed by atoms with Crippen LogP contribution >= 0.6 is 11.3 Å². The highest BCUT2D eigenvalue weighted by Crippen LogP contribution is 2.43. The standard InChI is InChI=1S/C14H17NO5S2/c1-22(19,20)11-5-9(7-21-11)13(16)15-6-8-3-2-4-10(8)12(15)14(17)18/h5,7-8,10,12H,2-4,6H2,1H3,(H,17,18)/t8-,10+,12+/m0/s1. The smallest absolute Gasteiger partial charge is 0.326 e. The average molecular weight is 343 g/mol. The zero-order chi connectivity index (χ0) is 16.1. The molecule has 0 unspecified atom stereocenters. The van der Waals surface area contributed by atoms with E-state index < -0.39 is 21.8 Å². The summed E-state index contributed by atoms with van der Waals surface area (Å²) in [6, 6.07) is 0.552. The lowest BCUT2D eigenvalue weighted by atomic mass is 9.94. The van der Waals surface area contributed by atoms with Gasteiger partial charge in [-0.25, -0.2) is 13.2 Å². The van der Waals surface area contributed by atoms with Crippen LogP contribution in [0.2, 0.25) is 0 Å². The van der Waals surface area contributed by atoms with Crippen molar-refractivity contribution in [1.29, 1.82) is 0 Å². The summed E-state index contributed by atoms with van der Waals surface area (Å²) in [7, 11) is -3.35. The van der Waals surface area contributed by atoms with E-state index in [0.717, 1.165) is 36.9 Å². The number of carbonyl (C=O) groups excluding carboxylic acids is 1. The fourth-order valence-corrected chi connectivity index (χ4v) is 5.41. The third kappa shape index (κ3) is 2.54. The second-order valence-electron chi connectivity index (χ2n) is 6.02. The van der Waals surface area contributed by atoms with Crippen LogP contribution in [0.25, 0.3) is 0 Å². The summed E-state index contributed by atoms with van der Waals surface area (Å²) in [4.78, 5) is 25.6. The highest BCUT2D eigenvalue weighted by molar-refractivity contribution is 7.92. The summed E-state index contributed by atoms with van der Waals surface area (Å²) in [5.41, 5.74) is 0.261. The van der Waals surface area contributed by atoms with Crippen LogP contribution in [0.5, 0.6) is 0 Å². The van der Waals surface area contributed by atoms with Crippen LogP contribution < -0.4 is 0 Å². The lowest BCUT2D eigenvalue weighted by molar-refractivity contribution is -0.142. The number of hydrogen-bond acceptors (Lipinski definition) is 5. The summed E-state index contributed by atoms with van der Waals surface area (Å²) in [6.07, 6.45) is 3.89. The van der Waals surface area contributed by atoms with Crippen molar-refractivity contribution in [3.63, 3.8) is 0 Å². The van der Waals surface area contributed by atoms with E-state index in [1.807, 2.05) is 0 Å². The Morgan fingerprint density at radius 2 is 2.09 bits per heavy atom. The van der Waals surface area contributed by atoms with Gasteiger partial charge in [-0.2, -0.15) is 0 Å². The molecule has 2 fully saturated rings. The van der Waals surface area contributed by atoms with Gasteiger partial charge < -0.3 is 10.0 Å². The number of amides is 1. The second kappa shape index (κ2) is 5.34. The van der Waals surface area contributed by atoms with E-state index >= 15 is 0 Å². The number of carboxylic acids is 1. The van der Waals surface area contributed by atoms with Crippen LogP contribution in [-0.2, 0) is 14.6 Å². The molecule has 1 saturated carbocycles. The quantitative estimate of drug-likeness (QED) is 0.897. The Labute approximate surface area is 132 Å². The number of hydrogen-bond donors (Lipinski definition) is 1. The van der Waals surface area contributed by atoms with Gasteiger partial charge in [0.15, 0.2) is 9.84 Å². The van der Waals surface area contributed by atoms with E-state index in [1.165, 1.54) is 16.3 Å². The molecule has 1 aliphatic carbocycles. The number of fused-ring (bicyclic) bond motifs is 1. The van der Waals surface area contributed by atoms with E-state index in [4.69, 9.17) is 0 Å². The SMILES string of the molecule is CS(=O)(=O)c1cc(C(=O)N2C[C@@H]3CCC[C@H]3[C@@H]2C(=O)O)cs1. The minimum atomic E-state index is -3.35. The molecule has 0 spiro atoms. The summed E-state index contributed by atoms with van der Waals surface area (Å²) >= 11 is 0.992. The fraction of sp³-hybridized carbons (Fsp3) is 0.571. The molecule has 0 bridgehead atoms. The molecule has 120 valence electrons. The second-order valence-corrected chi connectivity index (χ2v) is 9.18. The zero-order valence-corrected chi connectivity index (χ0v) is 13.7. The molecule has 2 heterocycles. The Balaban J connectivity index is 1.88. The molecule has 0 radical (unpaired) electrons. The summed E-state index contributed by atoms with van der Waals surface area (Å²) in [5, 5.41) is 11.0. The molecule has 1 amide bonds. The average Bonchev–Trinajstić information content (AvgIpc) is 3.11. The molecule has 6 nitrogen and oxygen atoms in total. The largest absolute Gasteiger partial charge is 0.480 e. The predicted molar refractivity (Wildman–Crippen MR) is 80.7 cm³/mol. The molecule has 1 aliphatic heterocycles. The minimum absolute atomic E-state index is 0.0227. The van der Waals surface area contributed by atoms with Crippen LogP contribution in [0.1, 0.15) is 29.6 Å². The van der Waals surface area contributed by atoms with Crippen molar-refractivity contribution in [2.45, 2.75) is 29.5 Å². The third-order valence-electron chi connectivity index (χ3n) is 4.59. The fourth-order valence-electron chi connectivity index (χ4n) is 3.62. The summed E-state index contributed by atoms with van der Waals surface area (Å²) < 4.78 is 23.2. The van der Waals surface area contributed by atoms with Crippen molar-refractivity contribution in [2.24, 2.45) is 11.8 Å². The van der Waals surface area contributed by atoms with Gasteiger partial charge in [0.25, 0.3) is 5.91 Å². The van der Waals surface area contributed by atoms with Crippen LogP contribution in [-0.4, -0.2) is 49.1 Å². The van der Waals surface area contributed by atoms with E-state index in [1.54, 1.807) is 0 Å². The van der Waals surface area contributed by atoms with Crippen LogP contribution in [0, 0.1) is 11.8 Å². The highest BCUT2D eigenvalue weighted by atomic mass is 32.2. The molecular weight excluding hydrogens is 326 g/mol. The van der Waals surface area contributed by atoms with Gasteiger partial charge in [-0.05, 0) is 30.7 Å². The highest BCUT2D eigenvalue weighted by Gasteiger charge is 2.49. The van der Waals surface area contributed by atoms with Gasteiger partial charge in [-0.3, -0.25) is 4.79 Å². The molecular formula is C14H17NO5S2. The number of thiophene rings is 1. The lowest BCUT2D eigenvalue weighted by Crippen LogP contribution is -2.43. The molecule has 1 saturated heterocycles. The first kappa shape index (κ1) is 15.5. The maximum Gasteiger partial charge on any atom is 0.326 e. The molecule has 1 N–H and O–H groups in total. The van der Waals surface area contributed by atoms with E-state index in [9.17, 15) is 23.1 Å². The van der Waals surface area contributed by atoms with Crippen molar-refractivity contribution >= 4 is 33.1 Å². The topological polar surface area (TPSA) is 91.8 Å². The van der Waals surface area contributed by atoms with Crippen molar-refractivity contribution in [3.05, 3.63) is 17.0 Å². The number of likely N-dealkylation sites (tertiary alicyclic amines) is 1. The molecule has 1 aromatic heterocycles. The minimum Gasteiger partial charge on any atom is -0.480 e. The van der Waals surface area contributed by atoms with Gasteiger partial charge in [0.1, 0.15) is 10.3 Å². The Kier molecular flexibility index (Phi) is 3.76. The molecule has 0 aromatic carbocycles. The van der Waals surface area contributed by atoms with Gasteiger partial charge in [0.05, 0.1) is 5.56 Å². The van der Waals surface area contributed by atoms with Gasteiger partial charge in [0, 0.05) is 18.2 Å². The monoisotopic (exact) mass is 343 g/mol. The Hall–Kier alpha value is -1.41. The van der Waals surface area contributed by atoms with Crippen molar-refractivity contribution in [1.82, 2.24) is 4.90 Å². The van der Waals surface area contributed by atoms with E-state index in [-0.39, 0.29) is 27.5 Å². The first-order valence-corrected chi connectivity index (χ1v) is 9.88. The third-order valence-corrected chi connectivity index (χ3v) is 7.36. The Morgan fingerprint density at radius 3 is 2.68 bits per heavy atom. The molecule has 22 heavy (non-hydrogen) atoms. The maximum absolute atomic E-state index is 12.6. The number of carboxylic acid groups (broad SMARTS) is 1. The van der Waals surface area contributed by atoms with Crippen molar-refractivity contribution in [2.75, 3.05) is 12.8 Å². The predicted octanol–water partition coefficient (Wildman–Crippen LogP) is 1.48. The number of carbonyl (C=O) groups is 2. The van der Waals surface area contributed by atoms with Crippen molar-refractivity contribution < 1.29 is 23.1 Å². The van der Waals surface area contributed by atoms with Gasteiger partial charge in [-0.1, -0.05) is 6.42 Å². The lowest BCUT2D eigenvalue weighted by Gasteiger charge is -2.24. The van der Waals surface area contributed by atoms with Gasteiger partial charge >= 0.3 is 5.97 Å². The van der Waals surface area contributed by atoms with Crippen LogP contribution in [0.15, 0.2) is 15.7 Å². The molecule has 3 atom stereocenters. The maximum atomic E-state index is 12.6. The van der Waals surface area contributed by atoms with Crippen molar-refractivity contribution in [3.8, 4) is 0 Å². The van der Waals surface area contributed by atoms with Crippen LogP contribution in [0.3, 0.4) is 0 Å². The van der Waals surface area contributed by atoms with Gasteiger partial charge in [0.2, 0.25) is 0 Å². The molecule has 2 aliphatic rings. The number of nitrogens with zero attached hydrogens (tertiary/aromatic N) is 1. The van der Waals surface area contributed by atoms with Crippen LogP contribution in [0.4, 0.5) is 0 Å². The Bertz CT molecular complexity index is 723. The zero-order valence-electron chi connectivity index (χ0n) is 12.1. The number of sulfone groups is 1. The molecule has 1 aromatic rings.